The summed E-state index contributed by atoms with van der Waals surface area (Å²) in [6.07, 6.45) is 17.2. The molecule has 0 aromatic heterocycles. The fourth-order valence-corrected chi connectivity index (χ4v) is 4.36. The maximum Gasteiger partial charge on any atom is 0.309 e. The zero-order chi connectivity index (χ0) is 17.2. The smallest absolute Gasteiger partial charge is 0.309 e. The maximum atomic E-state index is 12.4. The average Bonchev–Trinajstić information content (AvgIpc) is 2.61. The van der Waals surface area contributed by atoms with Crippen LogP contribution in [0.2, 0.25) is 0 Å². The first-order chi connectivity index (χ1) is 11.7. The van der Waals surface area contributed by atoms with Crippen LogP contribution in [0.4, 0.5) is 0 Å². The van der Waals surface area contributed by atoms with Crippen LogP contribution in [0.15, 0.2) is 12.2 Å². The highest BCUT2D eigenvalue weighted by molar-refractivity contribution is 5.72. The first kappa shape index (κ1) is 19.0. The second-order valence-corrected chi connectivity index (χ2v) is 7.69. The number of carbonyl (C=O) groups excluding carboxylic acids is 1. The lowest BCUT2D eigenvalue weighted by Gasteiger charge is -2.31. The molecule has 3 nitrogen and oxygen atoms in total. The van der Waals surface area contributed by atoms with E-state index in [1.54, 1.807) is 6.08 Å². The molecule has 2 aliphatic rings. The largest absolute Gasteiger partial charge is 0.462 e. The Morgan fingerprint density at radius 1 is 1.04 bits per heavy atom. The standard InChI is InChI=1S/C21H33NO2/c1-2-6-17-10-14-20(15-11-17)24-21(23)19-12-8-18(9-13-19)7-4-3-5-16-22/h3,5,17-20H,2,4,6-15H2,1H3/b5-3+. The van der Waals surface area contributed by atoms with Gasteiger partial charge in [-0.05, 0) is 76.0 Å². The third-order valence-electron chi connectivity index (χ3n) is 5.89. The first-order valence-corrected chi connectivity index (χ1v) is 9.98. The molecule has 2 aliphatic carbocycles. The van der Waals surface area contributed by atoms with E-state index in [0.717, 1.165) is 57.3 Å². The van der Waals surface area contributed by atoms with Crippen molar-refractivity contribution in [1.82, 2.24) is 0 Å². The number of hydrogen-bond donors (Lipinski definition) is 0. The minimum atomic E-state index is 0.0665. The second kappa shape index (κ2) is 10.5. The zero-order valence-corrected chi connectivity index (χ0v) is 15.2. The van der Waals surface area contributed by atoms with Gasteiger partial charge in [0.1, 0.15) is 6.10 Å². The van der Waals surface area contributed by atoms with E-state index in [9.17, 15) is 4.79 Å². The van der Waals surface area contributed by atoms with Crippen molar-refractivity contribution < 1.29 is 9.53 Å². The van der Waals surface area contributed by atoms with Crippen LogP contribution in [-0.4, -0.2) is 12.1 Å². The van der Waals surface area contributed by atoms with E-state index < -0.39 is 0 Å². The third kappa shape index (κ3) is 6.30. The van der Waals surface area contributed by atoms with Crippen molar-refractivity contribution in [2.45, 2.75) is 90.1 Å². The highest BCUT2D eigenvalue weighted by Gasteiger charge is 2.30. The summed E-state index contributed by atoms with van der Waals surface area (Å²) in [5, 5.41) is 8.49. The van der Waals surface area contributed by atoms with Crippen LogP contribution in [-0.2, 0) is 9.53 Å². The maximum absolute atomic E-state index is 12.4. The number of nitrogens with zero attached hydrogens (tertiary/aromatic N) is 1. The Morgan fingerprint density at radius 3 is 2.29 bits per heavy atom. The molecule has 0 spiro atoms. The van der Waals surface area contributed by atoms with Crippen LogP contribution in [0.5, 0.6) is 0 Å². The molecule has 24 heavy (non-hydrogen) atoms. The van der Waals surface area contributed by atoms with Crippen LogP contribution in [0.1, 0.15) is 84.0 Å². The Kier molecular flexibility index (Phi) is 8.36. The molecule has 0 unspecified atom stereocenters. The van der Waals surface area contributed by atoms with Crippen molar-refractivity contribution in [2.24, 2.45) is 17.8 Å². The molecule has 0 amide bonds. The van der Waals surface area contributed by atoms with Crippen LogP contribution in [0.25, 0.3) is 0 Å². The Bertz CT molecular complexity index is 435. The molecule has 134 valence electrons. The Hall–Kier alpha value is -1.30. The summed E-state index contributed by atoms with van der Waals surface area (Å²) in [6, 6.07) is 2.03. The molecule has 0 atom stereocenters. The molecule has 2 fully saturated rings. The number of carbonyl (C=O) groups is 1. The summed E-state index contributed by atoms with van der Waals surface area (Å²) in [6.45, 7) is 2.25. The third-order valence-corrected chi connectivity index (χ3v) is 5.89. The van der Waals surface area contributed by atoms with Crippen LogP contribution in [0, 0.1) is 29.1 Å². The summed E-state index contributed by atoms with van der Waals surface area (Å²) in [5.41, 5.74) is 0. The molecular weight excluding hydrogens is 298 g/mol. The van der Waals surface area contributed by atoms with E-state index in [4.69, 9.17) is 10.00 Å². The van der Waals surface area contributed by atoms with E-state index >= 15 is 0 Å². The molecule has 2 saturated carbocycles. The molecule has 0 bridgehead atoms. The number of nitriles is 1. The Labute approximate surface area is 147 Å². The van der Waals surface area contributed by atoms with Gasteiger partial charge in [-0.3, -0.25) is 4.79 Å². The van der Waals surface area contributed by atoms with Crippen molar-refractivity contribution in [3.05, 3.63) is 12.2 Å². The number of rotatable bonds is 7. The van der Waals surface area contributed by atoms with E-state index in [1.807, 2.05) is 12.1 Å². The summed E-state index contributed by atoms with van der Waals surface area (Å²) >= 11 is 0. The van der Waals surface area contributed by atoms with E-state index in [1.165, 1.54) is 25.7 Å². The molecular formula is C21H33NO2. The van der Waals surface area contributed by atoms with Gasteiger partial charge in [0.15, 0.2) is 0 Å². The van der Waals surface area contributed by atoms with Crippen LogP contribution in [0.3, 0.4) is 0 Å². The first-order valence-electron chi connectivity index (χ1n) is 9.98. The average molecular weight is 332 g/mol. The fourth-order valence-electron chi connectivity index (χ4n) is 4.36. The van der Waals surface area contributed by atoms with Gasteiger partial charge in [-0.15, -0.1) is 0 Å². The van der Waals surface area contributed by atoms with Gasteiger partial charge < -0.3 is 4.74 Å². The zero-order valence-electron chi connectivity index (χ0n) is 15.2. The molecule has 0 aliphatic heterocycles. The van der Waals surface area contributed by atoms with Gasteiger partial charge in [-0.2, -0.15) is 5.26 Å². The van der Waals surface area contributed by atoms with Gasteiger partial charge in [0.25, 0.3) is 0 Å². The minimum absolute atomic E-state index is 0.0665. The highest BCUT2D eigenvalue weighted by Crippen LogP contribution is 2.34. The lowest BCUT2D eigenvalue weighted by Crippen LogP contribution is -2.30. The molecule has 0 radical (unpaired) electrons. The molecule has 2 rings (SSSR count). The van der Waals surface area contributed by atoms with Gasteiger partial charge in [0, 0.05) is 6.08 Å². The Morgan fingerprint density at radius 2 is 1.67 bits per heavy atom. The number of allylic oxidation sites excluding steroid dienone is 2. The predicted octanol–water partition coefficient (Wildman–Crippen LogP) is 5.55. The van der Waals surface area contributed by atoms with E-state index in [0.29, 0.717) is 5.92 Å². The number of ether oxygens (including phenoxy) is 1. The van der Waals surface area contributed by atoms with E-state index in [-0.39, 0.29) is 18.0 Å². The number of esters is 1. The molecule has 0 aromatic carbocycles. The lowest BCUT2D eigenvalue weighted by molar-refractivity contribution is -0.157. The minimum Gasteiger partial charge on any atom is -0.462 e. The summed E-state index contributed by atoms with van der Waals surface area (Å²) in [4.78, 5) is 12.4. The second-order valence-electron chi connectivity index (χ2n) is 7.69. The van der Waals surface area contributed by atoms with Crippen molar-refractivity contribution >= 4 is 5.97 Å². The van der Waals surface area contributed by atoms with Gasteiger partial charge in [-0.25, -0.2) is 0 Å². The van der Waals surface area contributed by atoms with E-state index in [2.05, 4.69) is 6.92 Å². The summed E-state index contributed by atoms with van der Waals surface area (Å²) in [5.74, 6) is 1.76. The number of hydrogen-bond acceptors (Lipinski definition) is 3. The molecule has 3 heteroatoms. The predicted molar refractivity (Wildman–Crippen MR) is 96.2 cm³/mol. The monoisotopic (exact) mass is 331 g/mol. The SMILES string of the molecule is CCCC1CCC(OC(=O)C2CCC(CC/C=C/C#N)CC2)CC1. The summed E-state index contributed by atoms with van der Waals surface area (Å²) in [7, 11) is 0. The van der Waals surface area contributed by atoms with Crippen molar-refractivity contribution in [3.8, 4) is 6.07 Å². The van der Waals surface area contributed by atoms with Crippen molar-refractivity contribution in [3.63, 3.8) is 0 Å². The van der Waals surface area contributed by atoms with Crippen molar-refractivity contribution in [1.29, 1.82) is 5.26 Å². The normalized spacial score (nSPS) is 30.8. The van der Waals surface area contributed by atoms with Gasteiger partial charge in [0.05, 0.1) is 12.0 Å². The van der Waals surface area contributed by atoms with Gasteiger partial charge in [0.2, 0.25) is 0 Å². The van der Waals surface area contributed by atoms with Gasteiger partial charge >= 0.3 is 5.97 Å². The molecule has 0 heterocycles. The lowest BCUT2D eigenvalue weighted by atomic mass is 9.80. The Balaban J connectivity index is 1.63. The quantitative estimate of drug-likeness (QED) is 0.453. The topological polar surface area (TPSA) is 50.1 Å². The van der Waals surface area contributed by atoms with Crippen LogP contribution >= 0.6 is 0 Å². The summed E-state index contributed by atoms with van der Waals surface area (Å²) < 4.78 is 5.82. The van der Waals surface area contributed by atoms with Crippen LogP contribution < -0.4 is 0 Å². The molecule has 0 aromatic rings. The fraction of sp³-hybridized carbons (Fsp3) is 0.810. The molecule has 0 saturated heterocycles. The van der Waals surface area contributed by atoms with Crippen molar-refractivity contribution in [2.75, 3.05) is 0 Å². The van der Waals surface area contributed by atoms with Gasteiger partial charge in [-0.1, -0.05) is 25.8 Å². The highest BCUT2D eigenvalue weighted by atomic mass is 16.5. The molecule has 0 N–H and O–H groups in total.